The molecule has 0 spiro atoms. The monoisotopic (exact) mass is 503 g/mol. The Morgan fingerprint density at radius 3 is 2.22 bits per heavy atom. The Bertz CT molecular complexity index is 1420. The zero-order valence-electron chi connectivity index (χ0n) is 19.9. The number of carbonyl (C=O) groups is 3. The molecule has 2 N–H and O–H groups in total. The molecule has 12 heteroatoms. The van der Waals surface area contributed by atoms with Crippen LogP contribution >= 0.6 is 0 Å². The van der Waals surface area contributed by atoms with Crippen LogP contribution < -0.4 is 5.32 Å². The summed E-state index contributed by atoms with van der Waals surface area (Å²) in [6, 6.07) is 13.1. The van der Waals surface area contributed by atoms with Gasteiger partial charge in [0.05, 0.1) is 28.4 Å². The van der Waals surface area contributed by atoms with E-state index < -0.39 is 12.1 Å². The molecule has 0 bridgehead atoms. The molecule has 190 valence electrons. The van der Waals surface area contributed by atoms with E-state index in [-0.39, 0.29) is 23.7 Å². The van der Waals surface area contributed by atoms with E-state index in [4.69, 9.17) is 9.90 Å². The number of halogens is 3. The van der Waals surface area contributed by atoms with E-state index >= 15 is 0 Å². The molecule has 4 aromatic rings. The molecule has 0 saturated carbocycles. The fourth-order valence-electron chi connectivity index (χ4n) is 3.71. The molecule has 0 atom stereocenters. The number of amides is 2. The van der Waals surface area contributed by atoms with Gasteiger partial charge in [-0.15, -0.1) is 0 Å². The Hall–Kier alpha value is -4.35. The Morgan fingerprint density at radius 2 is 1.69 bits per heavy atom. The van der Waals surface area contributed by atoms with E-state index in [0.29, 0.717) is 5.69 Å². The second-order valence-corrected chi connectivity index (χ2v) is 8.26. The third kappa shape index (κ3) is 5.16. The third-order valence-electron chi connectivity index (χ3n) is 5.14. The Morgan fingerprint density at radius 1 is 1.06 bits per heavy atom. The van der Waals surface area contributed by atoms with Crippen LogP contribution in [0.25, 0.3) is 21.9 Å². The molecular weight excluding hydrogens is 479 g/mol. The molecule has 2 amide bonds. The lowest BCUT2D eigenvalue weighted by atomic mass is 10.2. The van der Waals surface area contributed by atoms with E-state index in [0.717, 1.165) is 21.9 Å². The molecule has 0 fully saturated rings. The molecule has 36 heavy (non-hydrogen) atoms. The van der Waals surface area contributed by atoms with Gasteiger partial charge in [0.15, 0.2) is 0 Å². The van der Waals surface area contributed by atoms with Crippen LogP contribution in [0.1, 0.15) is 30.4 Å². The average Bonchev–Trinajstić information content (AvgIpc) is 3.33. The predicted molar refractivity (Wildman–Crippen MR) is 128 cm³/mol. The van der Waals surface area contributed by atoms with Crippen LogP contribution in [0, 0.1) is 0 Å². The second-order valence-electron chi connectivity index (χ2n) is 8.26. The zero-order valence-corrected chi connectivity index (χ0v) is 19.9. The van der Waals surface area contributed by atoms with E-state index in [2.05, 4.69) is 28.7 Å². The number of aliphatic carboxylic acids is 1. The van der Waals surface area contributed by atoms with Crippen LogP contribution in [0.4, 0.5) is 23.7 Å². The van der Waals surface area contributed by atoms with Crippen molar-refractivity contribution in [1.82, 2.24) is 19.0 Å². The van der Waals surface area contributed by atoms with Crippen molar-refractivity contribution in [2.24, 2.45) is 0 Å². The van der Waals surface area contributed by atoms with Crippen molar-refractivity contribution in [3.63, 3.8) is 0 Å². The molecule has 1 aromatic carbocycles. The number of alkyl halides is 3. The quantitative estimate of drug-likeness (QED) is 0.410. The van der Waals surface area contributed by atoms with Crippen LogP contribution in [0.5, 0.6) is 0 Å². The summed E-state index contributed by atoms with van der Waals surface area (Å²) in [5.41, 5.74) is 3.49. The molecule has 0 saturated heterocycles. The lowest BCUT2D eigenvalue weighted by Gasteiger charge is -2.15. The number of rotatable bonds is 3. The van der Waals surface area contributed by atoms with Gasteiger partial charge in [0.1, 0.15) is 5.69 Å². The summed E-state index contributed by atoms with van der Waals surface area (Å²) in [4.78, 5) is 40.6. The topological polar surface area (TPSA) is 109 Å². The number of anilines is 1. The first kappa shape index (κ1) is 26.3. The lowest BCUT2D eigenvalue weighted by molar-refractivity contribution is -0.192. The van der Waals surface area contributed by atoms with Gasteiger partial charge >= 0.3 is 18.2 Å². The number of para-hydroxylation sites is 1. The van der Waals surface area contributed by atoms with E-state index in [1.165, 1.54) is 9.47 Å². The highest BCUT2D eigenvalue weighted by Crippen LogP contribution is 2.34. The fraction of sp³-hybridized carbons (Fsp3) is 0.250. The standard InChI is InChI=1S/C22H23N5O2.C2HF3O2/c1-14(2)26-17-10-6-5-9-16(17)20-18(26)12-19(27(20)22(29)25(3)4)21(28)24-15-8-7-11-23-13-15;3-2(4,5)1(6)7/h5-14H,1-4H3,(H,24,28);(H,6,7). The molecular formula is C24H24F3N5O4. The lowest BCUT2D eigenvalue weighted by Crippen LogP contribution is -2.30. The molecule has 3 heterocycles. The number of carbonyl (C=O) groups excluding carboxylic acids is 2. The average molecular weight is 503 g/mol. The SMILES string of the molecule is CC(C)n1c2ccccc2c2c1cc(C(=O)Nc1cccnc1)n2C(=O)N(C)C.O=C(O)C(F)(F)F. The van der Waals surface area contributed by atoms with Gasteiger partial charge in [-0.25, -0.2) is 9.59 Å². The molecule has 4 rings (SSSR count). The van der Waals surface area contributed by atoms with Crippen LogP contribution in [0.2, 0.25) is 0 Å². The first-order chi connectivity index (χ1) is 16.8. The second kappa shape index (κ2) is 10.1. The first-order valence-electron chi connectivity index (χ1n) is 10.7. The minimum atomic E-state index is -5.08. The molecule has 9 nitrogen and oxygen atoms in total. The van der Waals surface area contributed by atoms with Crippen molar-refractivity contribution in [2.45, 2.75) is 26.1 Å². The van der Waals surface area contributed by atoms with E-state index in [1.54, 1.807) is 44.7 Å². The number of hydrogen-bond acceptors (Lipinski definition) is 4. The van der Waals surface area contributed by atoms with Crippen molar-refractivity contribution in [3.05, 3.63) is 60.6 Å². The Kier molecular flexibility index (Phi) is 7.37. The zero-order chi connectivity index (χ0) is 26.8. The van der Waals surface area contributed by atoms with Crippen molar-refractivity contribution < 1.29 is 32.7 Å². The highest BCUT2D eigenvalue weighted by molar-refractivity contribution is 6.16. The van der Waals surface area contributed by atoms with Crippen LogP contribution in [0.15, 0.2) is 54.9 Å². The smallest absolute Gasteiger partial charge is 0.475 e. The number of benzene rings is 1. The number of pyridine rings is 1. The maximum atomic E-state index is 13.1. The maximum absolute atomic E-state index is 13.1. The molecule has 0 aliphatic heterocycles. The minimum absolute atomic E-state index is 0.164. The van der Waals surface area contributed by atoms with Crippen LogP contribution in [-0.2, 0) is 4.79 Å². The number of aromatic nitrogens is 3. The summed E-state index contributed by atoms with van der Waals surface area (Å²) in [6.07, 6.45) is -1.87. The van der Waals surface area contributed by atoms with E-state index in [1.807, 2.05) is 24.3 Å². The van der Waals surface area contributed by atoms with Gasteiger partial charge in [-0.05, 0) is 38.1 Å². The first-order valence-corrected chi connectivity index (χ1v) is 10.7. The van der Waals surface area contributed by atoms with E-state index in [9.17, 15) is 22.8 Å². The number of hydrogen-bond donors (Lipinski definition) is 2. The van der Waals surface area contributed by atoms with Gasteiger partial charge in [0, 0.05) is 31.7 Å². The molecule has 3 aromatic heterocycles. The predicted octanol–water partition coefficient (Wildman–Crippen LogP) is 4.99. The maximum Gasteiger partial charge on any atom is 0.490 e. The van der Waals surface area contributed by atoms with Crippen LogP contribution in [0.3, 0.4) is 0 Å². The number of carboxylic acid groups (broad SMARTS) is 1. The molecule has 0 unspecified atom stereocenters. The summed E-state index contributed by atoms with van der Waals surface area (Å²) in [5.74, 6) is -3.11. The molecule has 0 aliphatic carbocycles. The van der Waals surface area contributed by atoms with Gasteiger partial charge < -0.3 is 19.9 Å². The van der Waals surface area contributed by atoms with Gasteiger partial charge in [-0.1, -0.05) is 18.2 Å². The number of carboxylic acids is 1. The summed E-state index contributed by atoms with van der Waals surface area (Å²) < 4.78 is 35.4. The minimum Gasteiger partial charge on any atom is -0.475 e. The molecule has 0 radical (unpaired) electrons. The normalized spacial score (nSPS) is 11.3. The largest absolute Gasteiger partial charge is 0.490 e. The highest BCUT2D eigenvalue weighted by atomic mass is 19.4. The molecule has 0 aliphatic rings. The van der Waals surface area contributed by atoms with Gasteiger partial charge in [0.2, 0.25) is 0 Å². The van der Waals surface area contributed by atoms with Crippen molar-refractivity contribution in [2.75, 3.05) is 19.4 Å². The third-order valence-corrected chi connectivity index (χ3v) is 5.14. The van der Waals surface area contributed by atoms with Gasteiger partial charge in [-0.2, -0.15) is 13.2 Å². The number of nitrogens with zero attached hydrogens (tertiary/aromatic N) is 4. The summed E-state index contributed by atoms with van der Waals surface area (Å²) in [5, 5.41) is 10.9. The summed E-state index contributed by atoms with van der Waals surface area (Å²) >= 11 is 0. The van der Waals surface area contributed by atoms with Gasteiger partial charge in [0.25, 0.3) is 5.91 Å². The van der Waals surface area contributed by atoms with Crippen LogP contribution in [-0.4, -0.2) is 62.3 Å². The Labute approximate surface area is 203 Å². The van der Waals surface area contributed by atoms with Crippen molar-refractivity contribution >= 4 is 45.5 Å². The summed E-state index contributed by atoms with van der Waals surface area (Å²) in [7, 11) is 3.36. The fourth-order valence-corrected chi connectivity index (χ4v) is 3.71. The van der Waals surface area contributed by atoms with Gasteiger partial charge in [-0.3, -0.25) is 14.3 Å². The number of nitrogens with one attached hydrogen (secondary N) is 1. The summed E-state index contributed by atoms with van der Waals surface area (Å²) in [6.45, 7) is 4.18. The highest BCUT2D eigenvalue weighted by Gasteiger charge is 2.38. The number of fused-ring (bicyclic) bond motifs is 3. The van der Waals surface area contributed by atoms with Crippen molar-refractivity contribution in [3.8, 4) is 0 Å². The Balaban J connectivity index is 0.000000454. The van der Waals surface area contributed by atoms with Crippen molar-refractivity contribution in [1.29, 1.82) is 0 Å².